The Morgan fingerprint density at radius 2 is 1.95 bits per heavy atom. The highest BCUT2D eigenvalue weighted by atomic mass is 19.1. The average Bonchev–Trinajstić information content (AvgIpc) is 2.90. The van der Waals surface area contributed by atoms with Gasteiger partial charge in [0.15, 0.2) is 5.82 Å². The lowest BCUT2D eigenvalue weighted by Crippen LogP contribution is -2.21. The van der Waals surface area contributed by atoms with Crippen molar-refractivity contribution in [3.63, 3.8) is 0 Å². The van der Waals surface area contributed by atoms with E-state index in [0.717, 1.165) is 18.4 Å². The quantitative estimate of drug-likeness (QED) is 0.910. The number of halogens is 1. The van der Waals surface area contributed by atoms with Gasteiger partial charge in [0.05, 0.1) is 11.5 Å². The van der Waals surface area contributed by atoms with Crippen LogP contribution in [-0.2, 0) is 5.41 Å². The van der Waals surface area contributed by atoms with Crippen LogP contribution in [0.3, 0.4) is 0 Å². The minimum Gasteiger partial charge on any atom is -0.338 e. The van der Waals surface area contributed by atoms with Crippen molar-refractivity contribution in [2.75, 3.05) is 0 Å². The Labute approximate surface area is 118 Å². The van der Waals surface area contributed by atoms with Crippen molar-refractivity contribution in [2.45, 2.75) is 45.1 Å². The highest BCUT2D eigenvalue weighted by Gasteiger charge is 2.29. The van der Waals surface area contributed by atoms with Crippen LogP contribution in [0.15, 0.2) is 28.8 Å². The Balaban J connectivity index is 2.27. The summed E-state index contributed by atoms with van der Waals surface area (Å²) in [5.41, 5.74) is 6.44. The molecular weight excluding hydrogens is 257 g/mol. The standard InChI is InChI=1S/C15H20FN3O/c1-4-5-12(17)13-18-14(19-20-13)15(2,3)10-6-8-11(16)9-7-10/h6-9,12H,4-5,17H2,1-3H3/t12-/m1/s1. The molecule has 0 spiro atoms. The lowest BCUT2D eigenvalue weighted by molar-refractivity contribution is 0.340. The zero-order valence-electron chi connectivity index (χ0n) is 12.1. The summed E-state index contributed by atoms with van der Waals surface area (Å²) in [4.78, 5) is 4.40. The fourth-order valence-corrected chi connectivity index (χ4v) is 2.07. The largest absolute Gasteiger partial charge is 0.338 e. The molecule has 1 atom stereocenters. The molecular formula is C15H20FN3O. The normalized spacial score (nSPS) is 13.4. The summed E-state index contributed by atoms with van der Waals surface area (Å²) < 4.78 is 18.3. The van der Waals surface area contributed by atoms with Gasteiger partial charge >= 0.3 is 0 Å². The van der Waals surface area contributed by atoms with Crippen molar-refractivity contribution < 1.29 is 8.91 Å². The van der Waals surface area contributed by atoms with E-state index < -0.39 is 5.41 Å². The average molecular weight is 277 g/mol. The third-order valence-corrected chi connectivity index (χ3v) is 3.48. The molecule has 4 nitrogen and oxygen atoms in total. The number of nitrogens with two attached hydrogens (primary N) is 1. The SMILES string of the molecule is CCC[C@@H](N)c1nc(C(C)(C)c2ccc(F)cc2)no1. The van der Waals surface area contributed by atoms with Crippen molar-refractivity contribution in [3.8, 4) is 0 Å². The Bertz CT molecular complexity index is 563. The van der Waals surface area contributed by atoms with Crippen LogP contribution in [0.5, 0.6) is 0 Å². The molecule has 5 heteroatoms. The fourth-order valence-electron chi connectivity index (χ4n) is 2.07. The lowest BCUT2D eigenvalue weighted by atomic mass is 9.84. The summed E-state index contributed by atoms with van der Waals surface area (Å²) >= 11 is 0. The smallest absolute Gasteiger partial charge is 0.243 e. The van der Waals surface area contributed by atoms with E-state index in [1.54, 1.807) is 12.1 Å². The zero-order chi connectivity index (χ0) is 14.8. The van der Waals surface area contributed by atoms with Gasteiger partial charge in [-0.25, -0.2) is 4.39 Å². The van der Waals surface area contributed by atoms with E-state index in [2.05, 4.69) is 17.1 Å². The molecule has 0 amide bonds. The fraction of sp³-hybridized carbons (Fsp3) is 0.467. The second-order valence-corrected chi connectivity index (χ2v) is 5.48. The van der Waals surface area contributed by atoms with Crippen LogP contribution in [-0.4, -0.2) is 10.1 Å². The summed E-state index contributed by atoms with van der Waals surface area (Å²) in [6.07, 6.45) is 1.76. The van der Waals surface area contributed by atoms with Crippen LogP contribution in [0.4, 0.5) is 4.39 Å². The number of hydrogen-bond acceptors (Lipinski definition) is 4. The molecule has 0 aliphatic carbocycles. The number of hydrogen-bond donors (Lipinski definition) is 1. The lowest BCUT2D eigenvalue weighted by Gasteiger charge is -2.20. The molecule has 0 bridgehead atoms. The molecule has 0 fully saturated rings. The number of nitrogens with zero attached hydrogens (tertiary/aromatic N) is 2. The van der Waals surface area contributed by atoms with Gasteiger partial charge in [0.25, 0.3) is 0 Å². The van der Waals surface area contributed by atoms with Gasteiger partial charge in [-0.05, 0) is 38.0 Å². The molecule has 0 aliphatic heterocycles. The Kier molecular flexibility index (Phi) is 4.18. The topological polar surface area (TPSA) is 64.9 Å². The van der Waals surface area contributed by atoms with Crippen LogP contribution in [0, 0.1) is 5.82 Å². The van der Waals surface area contributed by atoms with Crippen molar-refractivity contribution in [2.24, 2.45) is 5.73 Å². The highest BCUT2D eigenvalue weighted by Crippen LogP contribution is 2.30. The first-order chi connectivity index (χ1) is 9.45. The van der Waals surface area contributed by atoms with Gasteiger partial charge in [-0.15, -0.1) is 0 Å². The van der Waals surface area contributed by atoms with Gasteiger partial charge in [0, 0.05) is 0 Å². The summed E-state index contributed by atoms with van der Waals surface area (Å²) in [6.45, 7) is 6.00. The highest BCUT2D eigenvalue weighted by molar-refractivity contribution is 5.30. The molecule has 0 saturated heterocycles. The maximum atomic E-state index is 13.0. The molecule has 1 aromatic carbocycles. The Morgan fingerprint density at radius 1 is 1.30 bits per heavy atom. The minimum atomic E-state index is -0.457. The monoisotopic (exact) mass is 277 g/mol. The molecule has 0 unspecified atom stereocenters. The predicted octanol–water partition coefficient (Wildman–Crippen LogP) is 3.33. The zero-order valence-corrected chi connectivity index (χ0v) is 12.1. The van der Waals surface area contributed by atoms with Gasteiger partial charge < -0.3 is 10.3 Å². The Hall–Kier alpha value is -1.75. The molecule has 1 aromatic heterocycles. The van der Waals surface area contributed by atoms with E-state index >= 15 is 0 Å². The van der Waals surface area contributed by atoms with E-state index in [0.29, 0.717) is 11.7 Å². The number of rotatable bonds is 5. The molecule has 2 N–H and O–H groups in total. The van der Waals surface area contributed by atoms with Crippen molar-refractivity contribution in [3.05, 3.63) is 47.4 Å². The molecule has 2 rings (SSSR count). The van der Waals surface area contributed by atoms with Gasteiger partial charge in [0.2, 0.25) is 5.89 Å². The molecule has 2 aromatic rings. The summed E-state index contributed by atoms with van der Waals surface area (Å²) in [7, 11) is 0. The first kappa shape index (κ1) is 14.7. The van der Waals surface area contributed by atoms with Crippen molar-refractivity contribution >= 4 is 0 Å². The van der Waals surface area contributed by atoms with Gasteiger partial charge in [-0.2, -0.15) is 4.98 Å². The maximum absolute atomic E-state index is 13.0. The van der Waals surface area contributed by atoms with Crippen molar-refractivity contribution in [1.29, 1.82) is 0 Å². The summed E-state index contributed by atoms with van der Waals surface area (Å²) in [5, 5.41) is 4.03. The van der Waals surface area contributed by atoms with Crippen LogP contribution >= 0.6 is 0 Å². The second kappa shape index (κ2) is 5.71. The van der Waals surface area contributed by atoms with E-state index in [1.165, 1.54) is 12.1 Å². The molecule has 0 saturated carbocycles. The Morgan fingerprint density at radius 3 is 2.55 bits per heavy atom. The molecule has 1 heterocycles. The third kappa shape index (κ3) is 2.88. The van der Waals surface area contributed by atoms with Crippen LogP contribution < -0.4 is 5.73 Å². The van der Waals surface area contributed by atoms with E-state index in [9.17, 15) is 4.39 Å². The molecule has 20 heavy (non-hydrogen) atoms. The second-order valence-electron chi connectivity index (χ2n) is 5.48. The van der Waals surface area contributed by atoms with Crippen LogP contribution in [0.25, 0.3) is 0 Å². The first-order valence-corrected chi connectivity index (χ1v) is 6.81. The molecule has 0 aliphatic rings. The minimum absolute atomic E-state index is 0.231. The number of benzene rings is 1. The summed E-state index contributed by atoms with van der Waals surface area (Å²) in [5.74, 6) is 0.756. The third-order valence-electron chi connectivity index (χ3n) is 3.48. The van der Waals surface area contributed by atoms with Crippen LogP contribution in [0.2, 0.25) is 0 Å². The van der Waals surface area contributed by atoms with E-state index in [4.69, 9.17) is 10.3 Å². The predicted molar refractivity (Wildman–Crippen MR) is 74.7 cm³/mol. The van der Waals surface area contributed by atoms with Gasteiger partial charge in [0.1, 0.15) is 5.82 Å². The maximum Gasteiger partial charge on any atom is 0.243 e. The van der Waals surface area contributed by atoms with Gasteiger partial charge in [-0.3, -0.25) is 0 Å². The first-order valence-electron chi connectivity index (χ1n) is 6.81. The number of aromatic nitrogens is 2. The molecule has 108 valence electrons. The van der Waals surface area contributed by atoms with Crippen LogP contribution in [0.1, 0.15) is 56.9 Å². The van der Waals surface area contributed by atoms with Crippen molar-refractivity contribution in [1.82, 2.24) is 10.1 Å². The molecule has 0 radical (unpaired) electrons. The summed E-state index contributed by atoms with van der Waals surface area (Å²) in [6, 6.07) is 6.10. The van der Waals surface area contributed by atoms with Gasteiger partial charge in [-0.1, -0.05) is 30.6 Å². The van der Waals surface area contributed by atoms with E-state index in [1.807, 2.05) is 13.8 Å². The van der Waals surface area contributed by atoms with E-state index in [-0.39, 0.29) is 11.9 Å².